The second kappa shape index (κ2) is 11.5. The molecule has 7 nitrogen and oxygen atoms in total. The first-order valence-corrected chi connectivity index (χ1v) is 10.2. The van der Waals surface area contributed by atoms with E-state index in [9.17, 15) is 14.4 Å². The van der Waals surface area contributed by atoms with Crippen LogP contribution in [0.2, 0.25) is 10.0 Å². The van der Waals surface area contributed by atoms with Crippen LogP contribution in [0.3, 0.4) is 0 Å². The molecule has 2 aromatic rings. The average Bonchev–Trinajstić information content (AvgIpc) is 2.72. The molecule has 0 fully saturated rings. The summed E-state index contributed by atoms with van der Waals surface area (Å²) in [5.74, 6) is -0.148. The van der Waals surface area contributed by atoms with Gasteiger partial charge in [0.1, 0.15) is 5.75 Å². The highest BCUT2D eigenvalue weighted by Gasteiger charge is 2.10. The number of hydrogen-bond donors (Lipinski definition) is 2. The smallest absolute Gasteiger partial charge is 0.337 e. The molecule has 2 aromatic carbocycles. The zero-order chi connectivity index (χ0) is 21.2. The van der Waals surface area contributed by atoms with E-state index in [2.05, 4.69) is 15.6 Å². The zero-order valence-corrected chi connectivity index (χ0v) is 17.7. The van der Waals surface area contributed by atoms with Crippen molar-refractivity contribution in [1.29, 1.82) is 0 Å². The van der Waals surface area contributed by atoms with E-state index in [-0.39, 0.29) is 11.7 Å². The van der Waals surface area contributed by atoms with Crippen molar-refractivity contribution in [3.63, 3.8) is 0 Å². The lowest BCUT2D eigenvalue weighted by Crippen LogP contribution is -2.42. The van der Waals surface area contributed by atoms with Gasteiger partial charge in [0.2, 0.25) is 5.91 Å². The molecule has 0 atom stereocenters. The Morgan fingerprint density at radius 3 is 2.34 bits per heavy atom. The lowest BCUT2D eigenvalue weighted by Gasteiger charge is -2.09. The Hall–Kier alpha value is -2.42. The summed E-state index contributed by atoms with van der Waals surface area (Å²) in [6.45, 7) is 0.359. The van der Waals surface area contributed by atoms with Crippen molar-refractivity contribution in [2.75, 3.05) is 25.2 Å². The highest BCUT2D eigenvalue weighted by Crippen LogP contribution is 2.27. The van der Waals surface area contributed by atoms with Gasteiger partial charge >= 0.3 is 5.97 Å². The number of hydrogen-bond acceptors (Lipinski definition) is 6. The number of benzene rings is 2. The standard InChI is InChI=1S/C19H18Cl2N2O5S/c1-27-19(26)13-4-2-12(3-5-13)18(25)23-22-17(24)11-29-9-8-28-16-7-6-14(20)10-15(16)21/h2-7,10H,8-9,11H2,1H3,(H,22,24)(H,23,25). The molecular formula is C19H18Cl2N2O5S. The van der Waals surface area contributed by atoms with Gasteiger partial charge in [0, 0.05) is 16.3 Å². The average molecular weight is 457 g/mol. The molecule has 0 unspecified atom stereocenters. The van der Waals surface area contributed by atoms with Crippen LogP contribution in [0.5, 0.6) is 5.75 Å². The quantitative estimate of drug-likeness (QED) is 0.359. The molecule has 0 bridgehead atoms. The third kappa shape index (κ3) is 7.49. The fraction of sp³-hybridized carbons (Fsp3) is 0.211. The normalized spacial score (nSPS) is 10.2. The lowest BCUT2D eigenvalue weighted by atomic mass is 10.1. The highest BCUT2D eigenvalue weighted by atomic mass is 35.5. The number of methoxy groups -OCH3 is 1. The molecule has 10 heteroatoms. The molecule has 0 aliphatic carbocycles. The molecule has 2 rings (SSSR count). The van der Waals surface area contributed by atoms with E-state index in [4.69, 9.17) is 27.9 Å². The maximum Gasteiger partial charge on any atom is 0.337 e. The summed E-state index contributed by atoms with van der Waals surface area (Å²) in [6.07, 6.45) is 0. The fourth-order valence-corrected chi connectivity index (χ4v) is 3.14. The van der Waals surface area contributed by atoms with E-state index in [0.29, 0.717) is 39.3 Å². The molecule has 0 aliphatic heterocycles. The van der Waals surface area contributed by atoms with Crippen LogP contribution < -0.4 is 15.6 Å². The Morgan fingerprint density at radius 2 is 1.69 bits per heavy atom. The van der Waals surface area contributed by atoms with E-state index in [1.165, 1.54) is 43.1 Å². The van der Waals surface area contributed by atoms with Crippen LogP contribution in [0, 0.1) is 0 Å². The number of carbonyl (C=O) groups is 3. The zero-order valence-electron chi connectivity index (χ0n) is 15.4. The van der Waals surface area contributed by atoms with Crippen LogP contribution in [0.1, 0.15) is 20.7 Å². The molecule has 0 aromatic heterocycles. The minimum Gasteiger partial charge on any atom is -0.491 e. The first kappa shape index (κ1) is 22.9. The minimum atomic E-state index is -0.500. The number of rotatable bonds is 8. The number of ether oxygens (including phenoxy) is 2. The predicted octanol–water partition coefficient (Wildman–Crippen LogP) is 3.35. The number of nitrogens with one attached hydrogen (secondary N) is 2. The molecule has 2 N–H and O–H groups in total. The molecule has 29 heavy (non-hydrogen) atoms. The van der Waals surface area contributed by atoms with Gasteiger partial charge in [0.05, 0.1) is 30.1 Å². The minimum absolute atomic E-state index is 0.138. The number of hydrazine groups is 1. The number of amides is 2. The Bertz CT molecular complexity index is 877. The van der Waals surface area contributed by atoms with Crippen molar-refractivity contribution < 1.29 is 23.9 Å². The second-order valence-corrected chi connectivity index (χ2v) is 7.50. The first-order chi connectivity index (χ1) is 13.9. The Labute approximate surface area is 182 Å². The van der Waals surface area contributed by atoms with Crippen LogP contribution in [0.4, 0.5) is 0 Å². The predicted molar refractivity (Wildman–Crippen MR) is 113 cm³/mol. The van der Waals surface area contributed by atoms with E-state index in [1.54, 1.807) is 18.2 Å². The van der Waals surface area contributed by atoms with Crippen molar-refractivity contribution >= 4 is 52.7 Å². The highest BCUT2D eigenvalue weighted by molar-refractivity contribution is 7.99. The molecule has 0 radical (unpaired) electrons. The van der Waals surface area contributed by atoms with E-state index < -0.39 is 11.9 Å². The monoisotopic (exact) mass is 456 g/mol. The third-order valence-corrected chi connectivity index (χ3v) is 4.95. The van der Waals surface area contributed by atoms with Crippen molar-refractivity contribution in [2.24, 2.45) is 0 Å². The summed E-state index contributed by atoms with van der Waals surface area (Å²) in [5, 5.41) is 0.942. The maximum atomic E-state index is 12.0. The Kier molecular flexibility index (Phi) is 9.11. The molecule has 0 saturated heterocycles. The second-order valence-electron chi connectivity index (χ2n) is 5.55. The summed E-state index contributed by atoms with van der Waals surface area (Å²) in [6, 6.07) is 10.8. The van der Waals surface area contributed by atoms with Crippen molar-refractivity contribution in [3.05, 3.63) is 63.6 Å². The largest absolute Gasteiger partial charge is 0.491 e. The topological polar surface area (TPSA) is 93.7 Å². The van der Waals surface area contributed by atoms with Crippen LogP contribution in [-0.4, -0.2) is 43.0 Å². The van der Waals surface area contributed by atoms with Gasteiger partial charge in [-0.25, -0.2) is 4.79 Å². The number of halogens is 2. The van der Waals surface area contributed by atoms with Crippen LogP contribution in [-0.2, 0) is 9.53 Å². The molecule has 0 saturated carbocycles. The number of thioether (sulfide) groups is 1. The molecule has 154 valence electrons. The van der Waals surface area contributed by atoms with Gasteiger partial charge in [0.25, 0.3) is 5.91 Å². The van der Waals surface area contributed by atoms with Crippen molar-refractivity contribution in [1.82, 2.24) is 10.9 Å². The number of carbonyl (C=O) groups excluding carboxylic acids is 3. The van der Waals surface area contributed by atoms with Gasteiger partial charge in [-0.15, -0.1) is 11.8 Å². The van der Waals surface area contributed by atoms with Crippen LogP contribution in [0.15, 0.2) is 42.5 Å². The Morgan fingerprint density at radius 1 is 1.00 bits per heavy atom. The molecule has 0 heterocycles. The van der Waals surface area contributed by atoms with Gasteiger partial charge in [0.15, 0.2) is 0 Å². The number of esters is 1. The lowest BCUT2D eigenvalue weighted by molar-refractivity contribution is -0.119. The van der Waals surface area contributed by atoms with Crippen molar-refractivity contribution in [2.45, 2.75) is 0 Å². The summed E-state index contributed by atoms with van der Waals surface area (Å²) >= 11 is 13.2. The van der Waals surface area contributed by atoms with Gasteiger partial charge in [-0.1, -0.05) is 23.2 Å². The van der Waals surface area contributed by atoms with Crippen LogP contribution >= 0.6 is 35.0 Å². The Balaban J connectivity index is 1.65. The summed E-state index contributed by atoms with van der Waals surface area (Å²) in [4.78, 5) is 35.2. The molecule has 0 aliphatic rings. The maximum absolute atomic E-state index is 12.0. The summed E-state index contributed by atoms with van der Waals surface area (Å²) in [5.41, 5.74) is 5.25. The van der Waals surface area contributed by atoms with Gasteiger partial charge in [-0.3, -0.25) is 20.4 Å². The van der Waals surface area contributed by atoms with Crippen molar-refractivity contribution in [3.8, 4) is 5.75 Å². The van der Waals surface area contributed by atoms with E-state index in [1.807, 2.05) is 0 Å². The van der Waals surface area contributed by atoms with Gasteiger partial charge in [-0.05, 0) is 42.5 Å². The van der Waals surface area contributed by atoms with Crippen LogP contribution in [0.25, 0.3) is 0 Å². The van der Waals surface area contributed by atoms with Gasteiger partial charge in [-0.2, -0.15) is 0 Å². The first-order valence-electron chi connectivity index (χ1n) is 8.34. The molecular weight excluding hydrogens is 439 g/mol. The van der Waals surface area contributed by atoms with E-state index in [0.717, 1.165) is 0 Å². The van der Waals surface area contributed by atoms with Gasteiger partial charge < -0.3 is 9.47 Å². The van der Waals surface area contributed by atoms with E-state index >= 15 is 0 Å². The summed E-state index contributed by atoms with van der Waals surface area (Å²) in [7, 11) is 1.27. The SMILES string of the molecule is COC(=O)c1ccc(C(=O)NNC(=O)CSCCOc2ccc(Cl)cc2Cl)cc1. The molecule has 2 amide bonds. The summed E-state index contributed by atoms with van der Waals surface area (Å²) < 4.78 is 10.1. The molecule has 0 spiro atoms. The fourth-order valence-electron chi connectivity index (χ4n) is 2.08. The third-order valence-electron chi connectivity index (χ3n) is 3.50.